The van der Waals surface area contributed by atoms with Crippen molar-refractivity contribution in [2.24, 2.45) is 0 Å². The molecule has 0 saturated heterocycles. The number of benzene rings is 5. The van der Waals surface area contributed by atoms with Gasteiger partial charge in [-0.1, -0.05) is 104 Å². The third-order valence-electron chi connectivity index (χ3n) is 9.35. The van der Waals surface area contributed by atoms with Gasteiger partial charge in [0, 0.05) is 39.2 Å². The molecule has 4 heterocycles. The van der Waals surface area contributed by atoms with Gasteiger partial charge < -0.3 is 4.57 Å². The highest BCUT2D eigenvalue weighted by Crippen LogP contribution is 2.38. The number of rotatable bonds is 6. The molecule has 0 bridgehead atoms. The van der Waals surface area contributed by atoms with E-state index in [0.717, 1.165) is 61.3 Å². The third-order valence-corrected chi connectivity index (χ3v) is 9.35. The molecule has 0 aliphatic rings. The summed E-state index contributed by atoms with van der Waals surface area (Å²) >= 11 is 0. The topological polar surface area (TPSA) is 48.5 Å². The van der Waals surface area contributed by atoms with E-state index in [1.54, 1.807) is 6.08 Å². The van der Waals surface area contributed by atoms with Crippen LogP contribution >= 0.6 is 0 Å². The van der Waals surface area contributed by atoms with Gasteiger partial charge in [0.15, 0.2) is 0 Å². The van der Waals surface area contributed by atoms with Gasteiger partial charge >= 0.3 is 0 Å². The first-order chi connectivity index (χ1) is 24.2. The van der Waals surface area contributed by atoms with Gasteiger partial charge in [-0.2, -0.15) is 0 Å². The number of aromatic nitrogens is 5. The molecule has 5 nitrogen and oxygen atoms in total. The second-order valence-corrected chi connectivity index (χ2v) is 12.2. The molecule has 4 aromatic heterocycles. The summed E-state index contributed by atoms with van der Waals surface area (Å²) in [5, 5.41) is 3.51. The summed E-state index contributed by atoms with van der Waals surface area (Å²) in [4.78, 5) is 15.2. The molecule has 0 aliphatic carbocycles. The van der Waals surface area contributed by atoms with Gasteiger partial charge in [0.05, 0.1) is 39.0 Å². The third kappa shape index (κ3) is 4.67. The van der Waals surface area contributed by atoms with Crippen molar-refractivity contribution >= 4 is 49.8 Å². The average molecular weight is 630 g/mol. The summed E-state index contributed by atoms with van der Waals surface area (Å²) < 4.78 is 4.51. The summed E-state index contributed by atoms with van der Waals surface area (Å²) in [5.41, 5.74) is 12.4. The molecule has 49 heavy (non-hydrogen) atoms. The van der Waals surface area contributed by atoms with Crippen molar-refractivity contribution in [1.29, 1.82) is 0 Å². The molecule has 9 rings (SSSR count). The van der Waals surface area contributed by atoms with E-state index in [1.165, 1.54) is 21.8 Å². The molecule has 0 N–H and O–H groups in total. The maximum absolute atomic E-state index is 5.23. The number of hydrogen-bond acceptors (Lipinski definition) is 3. The maximum Gasteiger partial charge on any atom is 0.235 e. The zero-order valence-electron chi connectivity index (χ0n) is 27.0. The van der Waals surface area contributed by atoms with Gasteiger partial charge in [-0.25, -0.2) is 9.97 Å². The molecule has 0 amide bonds. The molecule has 5 heteroatoms. The summed E-state index contributed by atoms with van der Waals surface area (Å²) in [6.45, 7) is 5.96. The Hall–Kier alpha value is -6.59. The predicted molar refractivity (Wildman–Crippen MR) is 203 cm³/mol. The van der Waals surface area contributed by atoms with Crippen molar-refractivity contribution in [1.82, 2.24) is 24.1 Å². The van der Waals surface area contributed by atoms with Crippen LogP contribution in [0.4, 0.5) is 0 Å². The number of hydrogen-bond donors (Lipinski definition) is 0. The van der Waals surface area contributed by atoms with Crippen LogP contribution in [0.1, 0.15) is 11.3 Å². The Balaban J connectivity index is 1.30. The lowest BCUT2D eigenvalue weighted by atomic mass is 10.0. The minimum atomic E-state index is 0.595. The van der Waals surface area contributed by atoms with Crippen LogP contribution in [-0.4, -0.2) is 24.1 Å². The number of allylic oxidation sites excluding steroid dienone is 2. The number of nitrogens with zero attached hydrogens (tertiary/aromatic N) is 5. The highest BCUT2D eigenvalue weighted by molar-refractivity contribution is 6.11. The summed E-state index contributed by atoms with van der Waals surface area (Å²) in [6, 6.07) is 47.0. The van der Waals surface area contributed by atoms with Crippen molar-refractivity contribution < 1.29 is 0 Å². The summed E-state index contributed by atoms with van der Waals surface area (Å²) in [7, 11) is 0. The highest BCUT2D eigenvalue weighted by Gasteiger charge is 2.20. The predicted octanol–water partition coefficient (Wildman–Crippen LogP) is 10.9. The molecule has 0 saturated carbocycles. The summed E-state index contributed by atoms with van der Waals surface area (Å²) in [5.74, 6) is 0.595. The molecule has 0 spiro atoms. The quantitative estimate of drug-likeness (QED) is 0.172. The molecule has 0 aliphatic heterocycles. The van der Waals surface area contributed by atoms with E-state index in [9.17, 15) is 0 Å². The van der Waals surface area contributed by atoms with Gasteiger partial charge in [0.25, 0.3) is 0 Å². The van der Waals surface area contributed by atoms with Crippen LogP contribution in [0, 0.1) is 6.92 Å². The largest absolute Gasteiger partial charge is 0.309 e. The van der Waals surface area contributed by atoms with E-state index in [1.807, 2.05) is 42.6 Å². The molecular weight excluding hydrogens is 599 g/mol. The van der Waals surface area contributed by atoms with Crippen molar-refractivity contribution in [2.45, 2.75) is 6.92 Å². The maximum atomic E-state index is 5.23. The fraction of sp³-hybridized carbons (Fsp3) is 0.0227. The van der Waals surface area contributed by atoms with Gasteiger partial charge in [0.1, 0.15) is 0 Å². The highest BCUT2D eigenvalue weighted by atomic mass is 15.2. The van der Waals surface area contributed by atoms with Gasteiger partial charge in [-0.15, -0.1) is 0 Å². The first-order valence-corrected chi connectivity index (χ1v) is 16.4. The van der Waals surface area contributed by atoms with Crippen LogP contribution in [-0.2, 0) is 0 Å². The minimum absolute atomic E-state index is 0.595. The smallest absolute Gasteiger partial charge is 0.235 e. The number of pyridine rings is 1. The van der Waals surface area contributed by atoms with Crippen LogP contribution < -0.4 is 0 Å². The van der Waals surface area contributed by atoms with Crippen molar-refractivity contribution in [3.05, 3.63) is 170 Å². The Morgan fingerprint density at radius 1 is 0.571 bits per heavy atom. The van der Waals surface area contributed by atoms with Gasteiger partial charge in [0.2, 0.25) is 5.95 Å². The number of para-hydroxylation sites is 2. The zero-order chi connectivity index (χ0) is 32.9. The molecule has 5 aromatic carbocycles. The Kier molecular flexibility index (Phi) is 6.76. The monoisotopic (exact) mass is 629 g/mol. The zero-order valence-corrected chi connectivity index (χ0v) is 27.0. The SMILES string of the molecule is C=C/C=C\c1nc(-n2c3cc(-c4ccc5c6ccccc6n(-c6ccccc6)c5c4)ccc3c3ncccc32)nc(-c2ccccc2)c1C. The molecule has 0 unspecified atom stereocenters. The Labute approximate surface area is 283 Å². The standard InChI is InChI=1S/C44H31N5/c1-3-4-19-37-29(2)42(30-14-7-5-8-15-30)47-44(46-37)49-39-21-13-26-45-43(39)36-25-23-32(28-41(36)49)31-22-24-35-34-18-11-12-20-38(34)48(40(35)27-31)33-16-9-6-10-17-33/h3-28H,1H2,2H3/b19-4-. The lowest BCUT2D eigenvalue weighted by molar-refractivity contribution is 0.973. The second-order valence-electron chi connectivity index (χ2n) is 12.2. The molecule has 0 fully saturated rings. The summed E-state index contributed by atoms with van der Waals surface area (Å²) in [6.07, 6.45) is 7.54. The molecule has 0 atom stereocenters. The van der Waals surface area contributed by atoms with Crippen molar-refractivity contribution in [2.75, 3.05) is 0 Å². The molecular formula is C44H31N5. The van der Waals surface area contributed by atoms with E-state index in [4.69, 9.17) is 15.0 Å². The lowest BCUT2D eigenvalue weighted by Gasteiger charge is -2.13. The first kappa shape index (κ1) is 28.6. The normalized spacial score (nSPS) is 11.8. The van der Waals surface area contributed by atoms with Gasteiger partial charge in [-0.05, 0) is 72.7 Å². The van der Waals surface area contributed by atoms with Crippen LogP contribution in [0.5, 0.6) is 0 Å². The molecule has 232 valence electrons. The van der Waals surface area contributed by atoms with Crippen LogP contribution in [0.25, 0.3) is 83.8 Å². The van der Waals surface area contributed by atoms with Crippen molar-refractivity contribution in [3.63, 3.8) is 0 Å². The van der Waals surface area contributed by atoms with Crippen LogP contribution in [0.15, 0.2) is 158 Å². The number of fused-ring (bicyclic) bond motifs is 6. The molecule has 0 radical (unpaired) electrons. The average Bonchev–Trinajstić information content (AvgIpc) is 3.67. The fourth-order valence-electron chi connectivity index (χ4n) is 7.05. The van der Waals surface area contributed by atoms with Crippen LogP contribution in [0.2, 0.25) is 0 Å². The van der Waals surface area contributed by atoms with E-state index in [0.29, 0.717) is 5.95 Å². The van der Waals surface area contributed by atoms with Gasteiger partial charge in [-0.3, -0.25) is 9.55 Å². The first-order valence-electron chi connectivity index (χ1n) is 16.4. The van der Waals surface area contributed by atoms with Crippen LogP contribution in [0.3, 0.4) is 0 Å². The molecule has 9 aromatic rings. The second kappa shape index (κ2) is 11.6. The minimum Gasteiger partial charge on any atom is -0.309 e. The van der Waals surface area contributed by atoms with E-state index in [2.05, 4.69) is 132 Å². The Morgan fingerprint density at radius 3 is 2.00 bits per heavy atom. The Bertz CT molecular complexity index is 2730. The Morgan fingerprint density at radius 2 is 1.22 bits per heavy atom. The lowest BCUT2D eigenvalue weighted by Crippen LogP contribution is -2.06. The van der Waals surface area contributed by atoms with E-state index in [-0.39, 0.29) is 0 Å². The van der Waals surface area contributed by atoms with Crippen molar-refractivity contribution in [3.8, 4) is 34.0 Å². The van der Waals surface area contributed by atoms with E-state index < -0.39 is 0 Å². The fourth-order valence-corrected chi connectivity index (χ4v) is 7.05. The van der Waals surface area contributed by atoms with E-state index >= 15 is 0 Å².